The standard InChI is InChI=1S/C9H10OS/c1-10-8-2-3-9-7(6-8)4-5-11-9/h2-3,6H,4-5H2,1H3. The van der Waals surface area contributed by atoms with Crippen LogP contribution in [-0.2, 0) is 6.42 Å². The molecule has 1 heterocycles. The second kappa shape index (κ2) is 2.78. The van der Waals surface area contributed by atoms with Crippen molar-refractivity contribution in [2.24, 2.45) is 0 Å². The zero-order chi connectivity index (χ0) is 7.68. The van der Waals surface area contributed by atoms with Gasteiger partial charge in [-0.1, -0.05) is 0 Å². The molecule has 0 radical (unpaired) electrons. The Morgan fingerprint density at radius 3 is 3.18 bits per heavy atom. The third-order valence-electron chi connectivity index (χ3n) is 1.90. The van der Waals surface area contributed by atoms with E-state index in [-0.39, 0.29) is 0 Å². The largest absolute Gasteiger partial charge is 0.497 e. The fraction of sp³-hybridized carbons (Fsp3) is 0.333. The second-order valence-corrected chi connectivity index (χ2v) is 3.71. The molecule has 0 amide bonds. The summed E-state index contributed by atoms with van der Waals surface area (Å²) in [5, 5.41) is 0. The SMILES string of the molecule is COc1ccc2c(c1)CCS2. The Hall–Kier alpha value is -0.630. The lowest BCUT2D eigenvalue weighted by Crippen LogP contribution is -1.85. The third-order valence-corrected chi connectivity index (χ3v) is 3.01. The van der Waals surface area contributed by atoms with Gasteiger partial charge in [0.05, 0.1) is 7.11 Å². The van der Waals surface area contributed by atoms with Crippen LogP contribution in [0.5, 0.6) is 5.75 Å². The molecule has 0 fully saturated rings. The van der Waals surface area contributed by atoms with Gasteiger partial charge in [0.2, 0.25) is 0 Å². The Morgan fingerprint density at radius 2 is 2.36 bits per heavy atom. The molecule has 0 saturated heterocycles. The van der Waals surface area contributed by atoms with Gasteiger partial charge in [-0.05, 0) is 30.2 Å². The molecule has 1 aliphatic heterocycles. The lowest BCUT2D eigenvalue weighted by molar-refractivity contribution is 0.414. The zero-order valence-corrected chi connectivity index (χ0v) is 7.28. The Labute approximate surface area is 70.8 Å². The first kappa shape index (κ1) is 7.04. The molecule has 0 unspecified atom stereocenters. The lowest BCUT2D eigenvalue weighted by Gasteiger charge is -2.01. The fourth-order valence-electron chi connectivity index (χ4n) is 1.29. The Balaban J connectivity index is 2.41. The van der Waals surface area contributed by atoms with Crippen LogP contribution in [0, 0.1) is 0 Å². The summed E-state index contributed by atoms with van der Waals surface area (Å²) in [5.41, 5.74) is 1.44. The van der Waals surface area contributed by atoms with Crippen molar-refractivity contribution in [3.63, 3.8) is 0 Å². The van der Waals surface area contributed by atoms with E-state index in [0.29, 0.717) is 0 Å². The lowest BCUT2D eigenvalue weighted by atomic mass is 10.2. The normalized spacial score (nSPS) is 14.6. The second-order valence-electron chi connectivity index (χ2n) is 2.57. The fourth-order valence-corrected chi connectivity index (χ4v) is 2.34. The van der Waals surface area contributed by atoms with E-state index >= 15 is 0 Å². The molecule has 0 atom stereocenters. The maximum atomic E-state index is 5.13. The van der Waals surface area contributed by atoms with Crippen molar-refractivity contribution >= 4 is 11.8 Å². The first-order valence-corrected chi connectivity index (χ1v) is 4.68. The van der Waals surface area contributed by atoms with Gasteiger partial charge in [-0.2, -0.15) is 0 Å². The average molecular weight is 166 g/mol. The van der Waals surface area contributed by atoms with Crippen LogP contribution in [0.3, 0.4) is 0 Å². The summed E-state index contributed by atoms with van der Waals surface area (Å²) in [4.78, 5) is 1.42. The van der Waals surface area contributed by atoms with Crippen molar-refractivity contribution in [1.29, 1.82) is 0 Å². The van der Waals surface area contributed by atoms with E-state index in [1.807, 2.05) is 17.8 Å². The van der Waals surface area contributed by atoms with Gasteiger partial charge in [0.1, 0.15) is 5.75 Å². The number of methoxy groups -OCH3 is 1. The van der Waals surface area contributed by atoms with Crippen molar-refractivity contribution in [2.45, 2.75) is 11.3 Å². The van der Waals surface area contributed by atoms with Gasteiger partial charge in [-0.25, -0.2) is 0 Å². The molecule has 2 rings (SSSR count). The predicted molar refractivity (Wildman–Crippen MR) is 47.4 cm³/mol. The summed E-state index contributed by atoms with van der Waals surface area (Å²) in [6, 6.07) is 6.30. The highest BCUT2D eigenvalue weighted by Gasteiger charge is 2.10. The summed E-state index contributed by atoms with van der Waals surface area (Å²) in [6.07, 6.45) is 1.19. The van der Waals surface area contributed by atoms with Crippen molar-refractivity contribution in [2.75, 3.05) is 12.9 Å². The van der Waals surface area contributed by atoms with Gasteiger partial charge >= 0.3 is 0 Å². The van der Waals surface area contributed by atoms with Crippen LogP contribution >= 0.6 is 11.8 Å². The first-order valence-electron chi connectivity index (χ1n) is 3.70. The average Bonchev–Trinajstić information content (AvgIpc) is 2.50. The van der Waals surface area contributed by atoms with Crippen LogP contribution in [0.1, 0.15) is 5.56 Å². The van der Waals surface area contributed by atoms with Crippen molar-refractivity contribution in [3.8, 4) is 5.75 Å². The molecule has 0 aromatic heterocycles. The zero-order valence-electron chi connectivity index (χ0n) is 6.46. The van der Waals surface area contributed by atoms with Crippen LogP contribution in [-0.4, -0.2) is 12.9 Å². The minimum absolute atomic E-state index is 0.978. The number of rotatable bonds is 1. The van der Waals surface area contributed by atoms with Crippen molar-refractivity contribution in [3.05, 3.63) is 23.8 Å². The minimum atomic E-state index is 0.978. The van der Waals surface area contributed by atoms with Crippen LogP contribution in [0.2, 0.25) is 0 Å². The number of ether oxygens (including phenoxy) is 1. The molecular formula is C9H10OS. The molecule has 0 spiro atoms. The third kappa shape index (κ3) is 1.23. The van der Waals surface area contributed by atoms with Gasteiger partial charge in [-0.15, -0.1) is 11.8 Å². The number of thioether (sulfide) groups is 1. The number of benzene rings is 1. The molecule has 0 aliphatic carbocycles. The monoisotopic (exact) mass is 166 g/mol. The summed E-state index contributed by atoms with van der Waals surface area (Å²) < 4.78 is 5.13. The molecular weight excluding hydrogens is 156 g/mol. The molecule has 0 bridgehead atoms. The summed E-state index contributed by atoms with van der Waals surface area (Å²) in [7, 11) is 1.71. The van der Waals surface area contributed by atoms with E-state index in [2.05, 4.69) is 12.1 Å². The van der Waals surface area contributed by atoms with E-state index in [1.165, 1.54) is 22.6 Å². The highest BCUT2D eigenvalue weighted by atomic mass is 32.2. The summed E-state index contributed by atoms with van der Waals surface area (Å²) >= 11 is 1.93. The molecule has 0 saturated carbocycles. The van der Waals surface area contributed by atoms with Gasteiger partial charge in [-0.3, -0.25) is 0 Å². The number of aryl methyl sites for hydroxylation is 1. The van der Waals surface area contributed by atoms with E-state index in [1.54, 1.807) is 7.11 Å². The van der Waals surface area contributed by atoms with E-state index in [9.17, 15) is 0 Å². The van der Waals surface area contributed by atoms with Crippen LogP contribution in [0.4, 0.5) is 0 Å². The molecule has 2 heteroatoms. The molecule has 1 nitrogen and oxygen atoms in total. The van der Waals surface area contributed by atoms with E-state index in [4.69, 9.17) is 4.74 Å². The minimum Gasteiger partial charge on any atom is -0.497 e. The van der Waals surface area contributed by atoms with E-state index < -0.39 is 0 Å². The maximum absolute atomic E-state index is 5.13. The van der Waals surface area contributed by atoms with Crippen LogP contribution in [0.25, 0.3) is 0 Å². The molecule has 58 valence electrons. The highest BCUT2D eigenvalue weighted by Crippen LogP contribution is 2.33. The number of hydrogen-bond donors (Lipinski definition) is 0. The van der Waals surface area contributed by atoms with Gasteiger partial charge in [0.15, 0.2) is 0 Å². The molecule has 0 N–H and O–H groups in total. The highest BCUT2D eigenvalue weighted by molar-refractivity contribution is 7.99. The Kier molecular flexibility index (Phi) is 1.78. The van der Waals surface area contributed by atoms with Gasteiger partial charge in [0, 0.05) is 10.6 Å². The smallest absolute Gasteiger partial charge is 0.119 e. The Morgan fingerprint density at radius 1 is 1.45 bits per heavy atom. The topological polar surface area (TPSA) is 9.23 Å². The number of hydrogen-bond acceptors (Lipinski definition) is 2. The van der Waals surface area contributed by atoms with Crippen LogP contribution in [0.15, 0.2) is 23.1 Å². The van der Waals surface area contributed by atoms with Crippen molar-refractivity contribution < 1.29 is 4.74 Å². The summed E-state index contributed by atoms with van der Waals surface area (Å²) in [6.45, 7) is 0. The predicted octanol–water partition coefficient (Wildman–Crippen LogP) is 2.34. The Bertz CT molecular complexity index is 270. The molecule has 1 aromatic rings. The molecule has 1 aliphatic rings. The van der Waals surface area contributed by atoms with Gasteiger partial charge in [0.25, 0.3) is 0 Å². The van der Waals surface area contributed by atoms with E-state index in [0.717, 1.165) is 5.75 Å². The number of fused-ring (bicyclic) bond motifs is 1. The summed E-state index contributed by atoms with van der Waals surface area (Å²) in [5.74, 6) is 2.20. The maximum Gasteiger partial charge on any atom is 0.119 e. The van der Waals surface area contributed by atoms with Gasteiger partial charge < -0.3 is 4.74 Å². The first-order chi connectivity index (χ1) is 5.40. The van der Waals surface area contributed by atoms with Crippen molar-refractivity contribution in [1.82, 2.24) is 0 Å². The molecule has 1 aromatic carbocycles. The van der Waals surface area contributed by atoms with Crippen LogP contribution < -0.4 is 4.74 Å². The quantitative estimate of drug-likeness (QED) is 0.633. The molecule has 11 heavy (non-hydrogen) atoms.